The molecule has 0 saturated heterocycles. The first-order valence-corrected chi connectivity index (χ1v) is 7.41. The molecule has 2 rings (SSSR count). The number of hydrogen-bond donors (Lipinski definition) is 2. The van der Waals surface area contributed by atoms with Gasteiger partial charge in [0.1, 0.15) is 5.82 Å². The molecule has 0 amide bonds. The number of hydrazine groups is 1. The van der Waals surface area contributed by atoms with Gasteiger partial charge in [-0.1, -0.05) is 51.8 Å². The predicted octanol–water partition coefficient (Wildman–Crippen LogP) is 3.86. The minimum atomic E-state index is -0.301. The molecule has 0 bridgehead atoms. The molecule has 5 heteroatoms. The van der Waals surface area contributed by atoms with Gasteiger partial charge in [0.25, 0.3) is 0 Å². The predicted molar refractivity (Wildman–Crippen MR) is 84.1 cm³/mol. The van der Waals surface area contributed by atoms with Crippen molar-refractivity contribution >= 4 is 27.5 Å². The summed E-state index contributed by atoms with van der Waals surface area (Å²) in [6.07, 6.45) is 1.12. The minimum Gasteiger partial charge on any atom is -0.271 e. The summed E-state index contributed by atoms with van der Waals surface area (Å²) in [7, 11) is 0. The average molecular weight is 358 g/mol. The normalized spacial score (nSPS) is 12.4. The fraction of sp³-hybridized carbons (Fsp3) is 0.200. The number of halogens is 3. The minimum absolute atomic E-state index is 0.0944. The van der Waals surface area contributed by atoms with Crippen molar-refractivity contribution < 1.29 is 4.39 Å². The van der Waals surface area contributed by atoms with E-state index in [9.17, 15) is 4.39 Å². The van der Waals surface area contributed by atoms with Gasteiger partial charge in [-0.2, -0.15) is 0 Å². The van der Waals surface area contributed by atoms with E-state index in [1.807, 2.05) is 24.3 Å². The molecule has 0 heterocycles. The van der Waals surface area contributed by atoms with E-state index in [0.717, 1.165) is 10.0 Å². The molecule has 0 saturated carbocycles. The summed E-state index contributed by atoms with van der Waals surface area (Å²) in [6.45, 7) is 0. The molecule has 20 heavy (non-hydrogen) atoms. The molecule has 0 spiro atoms. The Morgan fingerprint density at radius 2 is 1.90 bits per heavy atom. The molecule has 0 aromatic heterocycles. The van der Waals surface area contributed by atoms with E-state index < -0.39 is 0 Å². The molecule has 2 aromatic rings. The highest BCUT2D eigenvalue weighted by molar-refractivity contribution is 9.10. The van der Waals surface area contributed by atoms with Crippen LogP contribution in [0.1, 0.15) is 11.1 Å². The molecular formula is C15H15BrClFN2. The lowest BCUT2D eigenvalue weighted by atomic mass is 9.99. The van der Waals surface area contributed by atoms with E-state index in [1.165, 1.54) is 6.07 Å². The van der Waals surface area contributed by atoms with Crippen LogP contribution >= 0.6 is 27.5 Å². The van der Waals surface area contributed by atoms with E-state index in [2.05, 4.69) is 21.4 Å². The third kappa shape index (κ3) is 3.79. The Morgan fingerprint density at radius 1 is 1.15 bits per heavy atom. The van der Waals surface area contributed by atoms with E-state index >= 15 is 0 Å². The number of rotatable bonds is 5. The Morgan fingerprint density at radius 3 is 2.55 bits per heavy atom. The second kappa shape index (κ2) is 7.18. The summed E-state index contributed by atoms with van der Waals surface area (Å²) in [4.78, 5) is 0. The van der Waals surface area contributed by atoms with Crippen molar-refractivity contribution in [1.29, 1.82) is 0 Å². The van der Waals surface area contributed by atoms with Crippen molar-refractivity contribution in [2.75, 3.05) is 0 Å². The quantitative estimate of drug-likeness (QED) is 0.630. The van der Waals surface area contributed by atoms with Gasteiger partial charge in [-0.25, -0.2) is 4.39 Å². The molecule has 0 aliphatic carbocycles. The van der Waals surface area contributed by atoms with Gasteiger partial charge in [-0.05, 0) is 36.6 Å². The van der Waals surface area contributed by atoms with Crippen LogP contribution in [-0.4, -0.2) is 6.04 Å². The van der Waals surface area contributed by atoms with Crippen LogP contribution in [0.25, 0.3) is 0 Å². The summed E-state index contributed by atoms with van der Waals surface area (Å²) < 4.78 is 14.8. The van der Waals surface area contributed by atoms with Gasteiger partial charge >= 0.3 is 0 Å². The topological polar surface area (TPSA) is 38.0 Å². The summed E-state index contributed by atoms with van der Waals surface area (Å²) in [5.41, 5.74) is 4.34. The van der Waals surface area contributed by atoms with Gasteiger partial charge in [-0.15, -0.1) is 0 Å². The largest absolute Gasteiger partial charge is 0.271 e. The van der Waals surface area contributed by atoms with Crippen LogP contribution in [0.2, 0.25) is 5.02 Å². The van der Waals surface area contributed by atoms with E-state index in [-0.39, 0.29) is 11.9 Å². The molecule has 3 N–H and O–H groups in total. The van der Waals surface area contributed by atoms with Crippen LogP contribution in [-0.2, 0) is 12.8 Å². The maximum Gasteiger partial charge on any atom is 0.127 e. The van der Waals surface area contributed by atoms with Crippen molar-refractivity contribution in [3.8, 4) is 0 Å². The highest BCUT2D eigenvalue weighted by atomic mass is 79.9. The van der Waals surface area contributed by atoms with Crippen LogP contribution in [0.15, 0.2) is 46.9 Å². The molecule has 2 aromatic carbocycles. The Hall–Kier alpha value is -0.940. The fourth-order valence-electron chi connectivity index (χ4n) is 2.09. The van der Waals surface area contributed by atoms with Gasteiger partial charge < -0.3 is 0 Å². The van der Waals surface area contributed by atoms with Gasteiger partial charge in [0.05, 0.1) is 0 Å². The SMILES string of the molecule is NNC(Cc1ccccc1Br)Cc1c(F)cccc1Cl. The molecule has 0 fully saturated rings. The van der Waals surface area contributed by atoms with Gasteiger partial charge in [-0.3, -0.25) is 11.3 Å². The highest BCUT2D eigenvalue weighted by Gasteiger charge is 2.15. The third-order valence-electron chi connectivity index (χ3n) is 3.17. The molecule has 106 valence electrons. The van der Waals surface area contributed by atoms with Crippen molar-refractivity contribution in [3.05, 3.63) is 68.9 Å². The zero-order valence-electron chi connectivity index (χ0n) is 10.7. The third-order valence-corrected chi connectivity index (χ3v) is 4.30. The second-order valence-electron chi connectivity index (χ2n) is 4.56. The van der Waals surface area contributed by atoms with E-state index in [1.54, 1.807) is 12.1 Å². The van der Waals surface area contributed by atoms with Crippen LogP contribution in [0.4, 0.5) is 4.39 Å². The Labute approximate surface area is 131 Å². The average Bonchev–Trinajstić information content (AvgIpc) is 2.44. The molecule has 2 nitrogen and oxygen atoms in total. The first-order valence-electron chi connectivity index (χ1n) is 6.24. The zero-order chi connectivity index (χ0) is 14.5. The standard InChI is InChI=1S/C15H15BrClFN2/c16-13-5-2-1-4-10(13)8-11(20-19)9-12-14(17)6-3-7-15(12)18/h1-7,11,20H,8-9,19H2. The van der Waals surface area contributed by atoms with Crippen molar-refractivity contribution in [2.45, 2.75) is 18.9 Å². The first-order chi connectivity index (χ1) is 9.61. The smallest absolute Gasteiger partial charge is 0.127 e. The summed E-state index contributed by atoms with van der Waals surface area (Å²) >= 11 is 9.55. The van der Waals surface area contributed by atoms with Gasteiger partial charge in [0, 0.05) is 21.1 Å². The van der Waals surface area contributed by atoms with Crippen LogP contribution in [0.3, 0.4) is 0 Å². The maximum absolute atomic E-state index is 13.8. The van der Waals surface area contributed by atoms with E-state index in [4.69, 9.17) is 17.4 Å². The van der Waals surface area contributed by atoms with Crippen LogP contribution in [0.5, 0.6) is 0 Å². The number of hydrogen-bond acceptors (Lipinski definition) is 2. The van der Waals surface area contributed by atoms with Gasteiger partial charge in [0.15, 0.2) is 0 Å². The van der Waals surface area contributed by atoms with Crippen molar-refractivity contribution in [1.82, 2.24) is 5.43 Å². The second-order valence-corrected chi connectivity index (χ2v) is 5.82. The lowest BCUT2D eigenvalue weighted by Crippen LogP contribution is -2.38. The Bertz CT molecular complexity index is 572. The molecule has 0 aliphatic heterocycles. The molecule has 1 unspecified atom stereocenters. The molecule has 0 radical (unpaired) electrons. The lowest BCUT2D eigenvalue weighted by molar-refractivity contribution is 0.506. The maximum atomic E-state index is 13.8. The molecule has 1 atom stereocenters. The highest BCUT2D eigenvalue weighted by Crippen LogP contribution is 2.23. The van der Waals surface area contributed by atoms with Gasteiger partial charge in [0.2, 0.25) is 0 Å². The molecule has 0 aliphatic rings. The number of benzene rings is 2. The van der Waals surface area contributed by atoms with Crippen molar-refractivity contribution in [2.24, 2.45) is 5.84 Å². The monoisotopic (exact) mass is 356 g/mol. The van der Waals surface area contributed by atoms with Crippen LogP contribution in [0, 0.1) is 5.82 Å². The lowest BCUT2D eigenvalue weighted by Gasteiger charge is -2.18. The summed E-state index contributed by atoms with van der Waals surface area (Å²) in [5.74, 6) is 5.29. The Kier molecular flexibility index (Phi) is 5.54. The summed E-state index contributed by atoms with van der Waals surface area (Å²) in [5, 5.41) is 0.428. The number of nitrogens with one attached hydrogen (secondary N) is 1. The van der Waals surface area contributed by atoms with Crippen molar-refractivity contribution in [3.63, 3.8) is 0 Å². The summed E-state index contributed by atoms with van der Waals surface area (Å²) in [6, 6.07) is 12.5. The number of nitrogens with two attached hydrogens (primary N) is 1. The fourth-order valence-corrected chi connectivity index (χ4v) is 2.78. The zero-order valence-corrected chi connectivity index (χ0v) is 13.1. The molecular weight excluding hydrogens is 343 g/mol. The van der Waals surface area contributed by atoms with Crippen LogP contribution < -0.4 is 11.3 Å². The first kappa shape index (κ1) is 15.4. The Balaban J connectivity index is 2.16. The van der Waals surface area contributed by atoms with E-state index in [0.29, 0.717) is 23.4 Å².